The first kappa shape index (κ1) is 33.8. The molecule has 0 atom stereocenters. The predicted molar refractivity (Wildman–Crippen MR) is 118 cm³/mol. The van der Waals surface area contributed by atoms with Gasteiger partial charge in [0, 0.05) is 0 Å². The summed E-state index contributed by atoms with van der Waals surface area (Å²) in [7, 11) is 0. The van der Waals surface area contributed by atoms with E-state index in [1.165, 1.54) is 0 Å². The van der Waals surface area contributed by atoms with Crippen LogP contribution >= 0.6 is 0 Å². The maximum absolute atomic E-state index is 14.6. The number of halogens is 15. The second-order valence-electron chi connectivity index (χ2n) is 8.12. The van der Waals surface area contributed by atoms with Crippen LogP contribution in [0.25, 0.3) is 16.7 Å². The van der Waals surface area contributed by atoms with Gasteiger partial charge in [-0.3, -0.25) is 0 Å². The third kappa shape index (κ3) is 5.44. The van der Waals surface area contributed by atoms with E-state index in [2.05, 4.69) is 0 Å². The zero-order chi connectivity index (χ0) is 34.2. The van der Waals surface area contributed by atoms with Crippen molar-refractivity contribution in [2.45, 2.75) is 0 Å². The fourth-order valence-corrected chi connectivity index (χ4v) is 3.59. The highest BCUT2D eigenvalue weighted by Gasteiger charge is 2.32. The van der Waals surface area contributed by atoms with Crippen LogP contribution in [0.2, 0.25) is 0 Å². The summed E-state index contributed by atoms with van der Waals surface area (Å²) < 4.78 is 211. The minimum Gasteiger partial charge on any atom is -0.203 e. The largest absolute Gasteiger partial charge is 0.203 e. The highest BCUT2D eigenvalue weighted by molar-refractivity contribution is 5.92. The molecule has 0 fully saturated rings. The number of nitriles is 3. The van der Waals surface area contributed by atoms with Gasteiger partial charge in [-0.05, 0) is 17.7 Å². The van der Waals surface area contributed by atoms with Crippen molar-refractivity contribution in [3.05, 3.63) is 122 Å². The van der Waals surface area contributed by atoms with Crippen LogP contribution in [0.15, 0.2) is 17.7 Å². The Morgan fingerprint density at radius 3 is 0.778 bits per heavy atom. The quantitative estimate of drug-likeness (QED) is 0.0916. The van der Waals surface area contributed by atoms with E-state index in [1.807, 2.05) is 0 Å². The van der Waals surface area contributed by atoms with Crippen LogP contribution in [0.4, 0.5) is 65.9 Å². The zero-order valence-corrected chi connectivity index (χ0v) is 20.7. The second-order valence-corrected chi connectivity index (χ2v) is 8.12. The molecule has 45 heavy (non-hydrogen) atoms. The average molecular weight is 653 g/mol. The molecule has 0 spiro atoms. The van der Waals surface area contributed by atoms with Gasteiger partial charge in [-0.1, -0.05) is 0 Å². The number of benzene rings is 3. The van der Waals surface area contributed by atoms with Crippen LogP contribution in [-0.4, -0.2) is 0 Å². The van der Waals surface area contributed by atoms with Crippen molar-refractivity contribution < 1.29 is 65.9 Å². The van der Waals surface area contributed by atoms with Crippen LogP contribution in [0.3, 0.4) is 0 Å². The molecule has 3 aromatic carbocycles. The first-order valence-corrected chi connectivity index (χ1v) is 10.9. The van der Waals surface area contributed by atoms with Crippen LogP contribution < -0.4 is 0 Å². The van der Waals surface area contributed by atoms with Gasteiger partial charge in [-0.25, -0.2) is 65.9 Å². The van der Waals surface area contributed by atoms with Crippen LogP contribution in [-0.2, 0) is 0 Å². The van der Waals surface area contributed by atoms with Gasteiger partial charge in [0.1, 0.15) is 6.07 Å². The molecule has 0 aliphatic heterocycles. The van der Waals surface area contributed by atoms with E-state index in [0.717, 1.165) is 18.2 Å². The van der Waals surface area contributed by atoms with Crippen molar-refractivity contribution in [3.63, 3.8) is 0 Å². The van der Waals surface area contributed by atoms with E-state index >= 15 is 0 Å². The number of nitrogens with zero attached hydrogens (tertiary/aromatic N) is 3. The molecule has 0 aromatic heterocycles. The van der Waals surface area contributed by atoms with E-state index in [4.69, 9.17) is 0 Å². The Kier molecular flexibility index (Phi) is 9.39. The summed E-state index contributed by atoms with van der Waals surface area (Å²) in [5.41, 5.74) is -13.9. The summed E-state index contributed by atoms with van der Waals surface area (Å²) in [6, 6.07) is 2.47. The number of hydrogen-bond acceptors (Lipinski definition) is 3. The van der Waals surface area contributed by atoms with Gasteiger partial charge in [0.2, 0.25) is 17.5 Å². The SMILES string of the molecule is N#CC(=CC(C=C(C#N)c1c(F)c(F)c(F)c(F)c1F)=C(C#N)c1c(F)c(F)c(F)c(F)c1F)c1c(F)c(F)c(F)c(F)c1F. The summed E-state index contributed by atoms with van der Waals surface area (Å²) in [5, 5.41) is 28.4. The van der Waals surface area contributed by atoms with Gasteiger partial charge in [0.25, 0.3) is 0 Å². The molecular formula is C27H2F15N3. The van der Waals surface area contributed by atoms with E-state index in [9.17, 15) is 81.6 Å². The predicted octanol–water partition coefficient (Wildman–Crippen LogP) is 8.26. The number of rotatable bonds is 5. The fraction of sp³-hybridized carbons (Fsp3) is 0. The molecule has 3 aromatic rings. The van der Waals surface area contributed by atoms with Gasteiger partial charge in [-0.2, -0.15) is 15.8 Å². The monoisotopic (exact) mass is 653 g/mol. The molecular weight excluding hydrogens is 651 g/mol. The van der Waals surface area contributed by atoms with Crippen LogP contribution in [0.5, 0.6) is 0 Å². The number of hydrogen-bond donors (Lipinski definition) is 0. The third-order valence-corrected chi connectivity index (χ3v) is 5.66. The molecule has 18 heteroatoms. The Hall–Kier alpha value is -5.70. The molecule has 0 heterocycles. The van der Waals surface area contributed by atoms with Gasteiger partial charge in [-0.15, -0.1) is 0 Å². The lowest BCUT2D eigenvalue weighted by Crippen LogP contribution is -2.09. The molecule has 0 aliphatic carbocycles. The molecule has 0 saturated heterocycles. The average Bonchev–Trinajstić information content (AvgIpc) is 3.03. The Bertz CT molecular complexity index is 1850. The minimum atomic E-state index is -2.83. The first-order chi connectivity index (χ1) is 21.0. The lowest BCUT2D eigenvalue weighted by molar-refractivity contribution is 0.376. The molecule has 0 radical (unpaired) electrons. The highest BCUT2D eigenvalue weighted by Crippen LogP contribution is 2.36. The van der Waals surface area contributed by atoms with E-state index in [0.29, 0.717) is 0 Å². The van der Waals surface area contributed by atoms with Crippen LogP contribution in [0, 0.1) is 121 Å². The van der Waals surface area contributed by atoms with Gasteiger partial charge < -0.3 is 0 Å². The van der Waals surface area contributed by atoms with Gasteiger partial charge >= 0.3 is 0 Å². The van der Waals surface area contributed by atoms with Crippen molar-refractivity contribution in [1.29, 1.82) is 15.8 Å². The zero-order valence-electron chi connectivity index (χ0n) is 20.7. The van der Waals surface area contributed by atoms with E-state index < -0.39 is 126 Å². The van der Waals surface area contributed by atoms with Crippen molar-refractivity contribution in [3.8, 4) is 18.2 Å². The van der Waals surface area contributed by atoms with Crippen molar-refractivity contribution in [1.82, 2.24) is 0 Å². The molecule has 0 aliphatic rings. The normalized spacial score (nSPS) is 11.6. The smallest absolute Gasteiger partial charge is 0.200 e. The standard InChI is InChI=1S/C27H2F15N3/c28-13-10(14(29)20(35)25(40)19(13)34)7(3-43)1-6(9(5-45)12-17(32)23(38)27(42)24(39)18(12)33)2-8(4-44)11-15(30)21(36)26(41)22(37)16(11)31/h1-2H. The lowest BCUT2D eigenvalue weighted by Gasteiger charge is -2.12. The summed E-state index contributed by atoms with van der Waals surface area (Å²) in [6.07, 6.45) is -0.559. The van der Waals surface area contributed by atoms with Crippen molar-refractivity contribution in [2.24, 2.45) is 0 Å². The molecule has 3 nitrogen and oxygen atoms in total. The maximum atomic E-state index is 14.6. The van der Waals surface area contributed by atoms with Crippen molar-refractivity contribution >= 4 is 16.7 Å². The Morgan fingerprint density at radius 1 is 0.333 bits per heavy atom. The first-order valence-electron chi connectivity index (χ1n) is 10.9. The lowest BCUT2D eigenvalue weighted by atomic mass is 9.92. The Balaban J connectivity index is 2.67. The van der Waals surface area contributed by atoms with E-state index in [1.54, 1.807) is 0 Å². The second kappa shape index (κ2) is 12.5. The molecule has 3 rings (SSSR count). The van der Waals surface area contributed by atoms with Crippen LogP contribution in [0.1, 0.15) is 16.7 Å². The Labute approximate surface area is 238 Å². The molecule has 230 valence electrons. The van der Waals surface area contributed by atoms with Crippen molar-refractivity contribution in [2.75, 3.05) is 0 Å². The fourth-order valence-electron chi connectivity index (χ4n) is 3.59. The van der Waals surface area contributed by atoms with Gasteiger partial charge in [0.05, 0.1) is 45.5 Å². The molecule has 0 bridgehead atoms. The third-order valence-electron chi connectivity index (χ3n) is 5.66. The van der Waals surface area contributed by atoms with E-state index in [-0.39, 0.29) is 12.2 Å². The summed E-state index contributed by atoms with van der Waals surface area (Å²) in [4.78, 5) is 0. The number of allylic oxidation sites excluding steroid dienone is 6. The summed E-state index contributed by atoms with van der Waals surface area (Å²) >= 11 is 0. The molecule has 0 amide bonds. The Morgan fingerprint density at radius 2 is 0.556 bits per heavy atom. The molecule has 0 N–H and O–H groups in total. The highest BCUT2D eigenvalue weighted by atomic mass is 19.2. The van der Waals surface area contributed by atoms with Gasteiger partial charge in [0.15, 0.2) is 69.8 Å². The maximum Gasteiger partial charge on any atom is 0.200 e. The minimum absolute atomic E-state index is 0.279. The summed E-state index contributed by atoms with van der Waals surface area (Å²) in [5.74, 6) is -41.3. The molecule has 0 saturated carbocycles. The molecule has 0 unspecified atom stereocenters. The summed E-state index contributed by atoms with van der Waals surface area (Å²) in [6.45, 7) is 0. The topological polar surface area (TPSA) is 71.4 Å².